The Morgan fingerprint density at radius 2 is 1.80 bits per heavy atom. The molecular weight excluding hydrogens is 197 g/mol. The molecule has 4 heteroatoms. The van der Waals surface area contributed by atoms with Crippen molar-refractivity contribution in [2.75, 3.05) is 14.2 Å². The van der Waals surface area contributed by atoms with Crippen LogP contribution in [0.4, 0.5) is 4.39 Å². The van der Waals surface area contributed by atoms with Crippen LogP contribution in [-0.2, 0) is 0 Å². The smallest absolute Gasteiger partial charge is 0.163 e. The van der Waals surface area contributed by atoms with E-state index in [4.69, 9.17) is 15.2 Å². The van der Waals surface area contributed by atoms with Crippen LogP contribution in [0.5, 0.6) is 11.5 Å². The molecule has 1 rings (SSSR count). The maximum Gasteiger partial charge on any atom is 0.163 e. The summed E-state index contributed by atoms with van der Waals surface area (Å²) in [5, 5.41) is 0. The zero-order chi connectivity index (χ0) is 11.4. The first-order valence-corrected chi connectivity index (χ1v) is 4.81. The van der Waals surface area contributed by atoms with Gasteiger partial charge in [0.2, 0.25) is 0 Å². The van der Waals surface area contributed by atoms with Gasteiger partial charge in [-0.25, -0.2) is 4.39 Å². The van der Waals surface area contributed by atoms with E-state index in [1.807, 2.05) is 6.92 Å². The highest BCUT2D eigenvalue weighted by atomic mass is 19.1. The molecule has 0 heterocycles. The quantitative estimate of drug-likeness (QED) is 0.834. The van der Waals surface area contributed by atoms with Crippen LogP contribution >= 0.6 is 0 Å². The number of benzene rings is 1. The third-order valence-corrected chi connectivity index (χ3v) is 2.34. The van der Waals surface area contributed by atoms with E-state index >= 15 is 0 Å². The average molecular weight is 213 g/mol. The van der Waals surface area contributed by atoms with E-state index in [0.717, 1.165) is 0 Å². The number of ether oxygens (including phenoxy) is 2. The minimum atomic E-state index is -0.359. The molecule has 84 valence electrons. The number of nitrogens with two attached hydrogens (primary N) is 1. The Balaban J connectivity index is 3.19. The molecule has 1 aromatic carbocycles. The highest BCUT2D eigenvalue weighted by Gasteiger charge is 2.14. The summed E-state index contributed by atoms with van der Waals surface area (Å²) in [5.41, 5.74) is 6.23. The van der Waals surface area contributed by atoms with Crippen molar-refractivity contribution in [3.63, 3.8) is 0 Å². The Bertz CT molecular complexity index is 342. The molecule has 0 saturated heterocycles. The van der Waals surface area contributed by atoms with Crippen molar-refractivity contribution < 1.29 is 13.9 Å². The molecule has 0 radical (unpaired) electrons. The zero-order valence-corrected chi connectivity index (χ0v) is 9.21. The lowest BCUT2D eigenvalue weighted by Gasteiger charge is -2.14. The fraction of sp³-hybridized carbons (Fsp3) is 0.455. The summed E-state index contributed by atoms with van der Waals surface area (Å²) in [7, 11) is 2.98. The number of rotatable bonds is 4. The zero-order valence-electron chi connectivity index (χ0n) is 9.21. The highest BCUT2D eigenvalue weighted by Crippen LogP contribution is 2.32. The van der Waals surface area contributed by atoms with Crippen molar-refractivity contribution in [3.8, 4) is 11.5 Å². The average Bonchev–Trinajstić information content (AvgIpc) is 2.27. The molecule has 1 aromatic rings. The second-order valence-corrected chi connectivity index (χ2v) is 3.24. The fourth-order valence-electron chi connectivity index (χ4n) is 1.37. The Hall–Kier alpha value is -1.29. The van der Waals surface area contributed by atoms with Gasteiger partial charge in [-0.05, 0) is 12.5 Å². The van der Waals surface area contributed by atoms with Gasteiger partial charge in [0.1, 0.15) is 5.82 Å². The van der Waals surface area contributed by atoms with Gasteiger partial charge >= 0.3 is 0 Å². The lowest BCUT2D eigenvalue weighted by molar-refractivity contribution is 0.351. The minimum absolute atomic E-state index is 0.315. The standard InChI is InChI=1S/C11H16FNO2/c1-4-9(13)7-5-10(14-2)11(15-3)6-8(7)12/h5-6,9H,4,13H2,1-3H3/t9-/m0/s1. The molecule has 0 aromatic heterocycles. The van der Waals surface area contributed by atoms with Crippen molar-refractivity contribution in [1.82, 2.24) is 0 Å². The van der Waals surface area contributed by atoms with Gasteiger partial charge in [0.05, 0.1) is 14.2 Å². The van der Waals surface area contributed by atoms with Crippen LogP contribution in [0.3, 0.4) is 0 Å². The third-order valence-electron chi connectivity index (χ3n) is 2.34. The van der Waals surface area contributed by atoms with E-state index in [0.29, 0.717) is 23.5 Å². The van der Waals surface area contributed by atoms with Crippen LogP contribution in [0.1, 0.15) is 24.9 Å². The van der Waals surface area contributed by atoms with Crippen molar-refractivity contribution in [2.24, 2.45) is 5.73 Å². The summed E-state index contributed by atoms with van der Waals surface area (Å²) in [6.07, 6.45) is 0.673. The first-order chi connectivity index (χ1) is 7.13. The first kappa shape index (κ1) is 11.8. The fourth-order valence-corrected chi connectivity index (χ4v) is 1.37. The largest absolute Gasteiger partial charge is 0.493 e. The van der Waals surface area contributed by atoms with Crippen molar-refractivity contribution in [2.45, 2.75) is 19.4 Å². The van der Waals surface area contributed by atoms with Gasteiger partial charge in [0.25, 0.3) is 0 Å². The summed E-state index contributed by atoms with van der Waals surface area (Å²) in [6, 6.07) is 2.57. The van der Waals surface area contributed by atoms with E-state index in [2.05, 4.69) is 0 Å². The summed E-state index contributed by atoms with van der Waals surface area (Å²) in [6.45, 7) is 1.90. The van der Waals surface area contributed by atoms with E-state index in [-0.39, 0.29) is 11.9 Å². The Kier molecular flexibility index (Phi) is 3.91. The topological polar surface area (TPSA) is 44.5 Å². The van der Waals surface area contributed by atoms with Crippen LogP contribution in [0.25, 0.3) is 0 Å². The van der Waals surface area contributed by atoms with Crippen molar-refractivity contribution in [1.29, 1.82) is 0 Å². The molecule has 0 amide bonds. The predicted molar refractivity (Wildman–Crippen MR) is 56.7 cm³/mol. The SMILES string of the molecule is CC[C@H](N)c1cc(OC)c(OC)cc1F. The van der Waals surface area contributed by atoms with Crippen molar-refractivity contribution in [3.05, 3.63) is 23.5 Å². The monoisotopic (exact) mass is 213 g/mol. The van der Waals surface area contributed by atoms with E-state index in [1.165, 1.54) is 20.3 Å². The van der Waals surface area contributed by atoms with E-state index < -0.39 is 0 Å². The Morgan fingerprint density at radius 1 is 1.27 bits per heavy atom. The van der Waals surface area contributed by atoms with Gasteiger partial charge in [0, 0.05) is 17.7 Å². The predicted octanol–water partition coefficient (Wildman–Crippen LogP) is 2.25. The molecule has 0 aliphatic heterocycles. The molecule has 0 aliphatic carbocycles. The number of hydrogen-bond acceptors (Lipinski definition) is 3. The van der Waals surface area contributed by atoms with Gasteiger partial charge in [-0.3, -0.25) is 0 Å². The van der Waals surface area contributed by atoms with Crippen LogP contribution in [0, 0.1) is 5.82 Å². The van der Waals surface area contributed by atoms with Gasteiger partial charge < -0.3 is 15.2 Å². The van der Waals surface area contributed by atoms with Gasteiger partial charge in [-0.1, -0.05) is 6.92 Å². The summed E-state index contributed by atoms with van der Waals surface area (Å²) >= 11 is 0. The molecule has 0 bridgehead atoms. The Labute approximate surface area is 89.0 Å². The van der Waals surface area contributed by atoms with Gasteiger partial charge in [0.15, 0.2) is 11.5 Å². The molecule has 15 heavy (non-hydrogen) atoms. The van der Waals surface area contributed by atoms with E-state index in [1.54, 1.807) is 6.07 Å². The van der Waals surface area contributed by atoms with Crippen LogP contribution in [0.2, 0.25) is 0 Å². The van der Waals surface area contributed by atoms with Crippen LogP contribution < -0.4 is 15.2 Å². The molecular formula is C11H16FNO2. The normalized spacial score (nSPS) is 12.3. The summed E-state index contributed by atoms with van der Waals surface area (Å²) < 4.78 is 23.6. The van der Waals surface area contributed by atoms with Gasteiger partial charge in [-0.2, -0.15) is 0 Å². The van der Waals surface area contributed by atoms with Crippen LogP contribution in [-0.4, -0.2) is 14.2 Å². The second-order valence-electron chi connectivity index (χ2n) is 3.24. The highest BCUT2D eigenvalue weighted by molar-refractivity contribution is 5.44. The molecule has 0 spiro atoms. The molecule has 2 N–H and O–H groups in total. The molecule has 1 atom stereocenters. The van der Waals surface area contributed by atoms with Gasteiger partial charge in [-0.15, -0.1) is 0 Å². The van der Waals surface area contributed by atoms with Crippen LogP contribution in [0.15, 0.2) is 12.1 Å². The lowest BCUT2D eigenvalue weighted by Crippen LogP contribution is -2.11. The lowest BCUT2D eigenvalue weighted by atomic mass is 10.0. The Morgan fingerprint density at radius 3 is 2.27 bits per heavy atom. The second kappa shape index (κ2) is 4.98. The van der Waals surface area contributed by atoms with E-state index in [9.17, 15) is 4.39 Å². The molecule has 0 aliphatic rings. The number of halogens is 1. The van der Waals surface area contributed by atoms with Crippen molar-refractivity contribution >= 4 is 0 Å². The first-order valence-electron chi connectivity index (χ1n) is 4.81. The summed E-state index contributed by atoms with van der Waals surface area (Å²) in [4.78, 5) is 0. The molecule has 0 unspecified atom stereocenters. The summed E-state index contributed by atoms with van der Waals surface area (Å²) in [5.74, 6) is 0.516. The number of hydrogen-bond donors (Lipinski definition) is 1. The third kappa shape index (κ3) is 2.39. The molecule has 3 nitrogen and oxygen atoms in total. The maximum absolute atomic E-state index is 13.6. The maximum atomic E-state index is 13.6. The molecule has 0 saturated carbocycles. The number of methoxy groups -OCH3 is 2. The molecule has 0 fully saturated rings. The minimum Gasteiger partial charge on any atom is -0.493 e.